The zero-order chi connectivity index (χ0) is 15.9. The fourth-order valence-electron chi connectivity index (χ4n) is 2.50. The Kier molecular flexibility index (Phi) is 5.91. The number of hydrogen-bond acceptors (Lipinski definition) is 4. The Morgan fingerprint density at radius 2 is 1.67 bits per heavy atom. The quantitative estimate of drug-likeness (QED) is 0.440. The molecule has 112 valence electrons. The van der Waals surface area contributed by atoms with Gasteiger partial charge in [-0.2, -0.15) is 0 Å². The average molecular weight is 288 g/mol. The van der Waals surface area contributed by atoms with Gasteiger partial charge in [0.15, 0.2) is 5.41 Å². The van der Waals surface area contributed by atoms with Gasteiger partial charge in [-0.15, -0.1) is 13.2 Å². The predicted molar refractivity (Wildman–Crippen MR) is 80.7 cm³/mol. The van der Waals surface area contributed by atoms with Crippen molar-refractivity contribution in [2.24, 2.45) is 5.41 Å². The molecule has 0 spiro atoms. The molecule has 0 amide bonds. The summed E-state index contributed by atoms with van der Waals surface area (Å²) in [5, 5.41) is 0. The lowest BCUT2D eigenvalue weighted by Crippen LogP contribution is -2.45. The van der Waals surface area contributed by atoms with E-state index >= 15 is 0 Å². The van der Waals surface area contributed by atoms with E-state index in [1.165, 1.54) is 20.3 Å². The van der Waals surface area contributed by atoms with Crippen LogP contribution in [0.1, 0.15) is 17.9 Å². The van der Waals surface area contributed by atoms with Gasteiger partial charge < -0.3 is 9.47 Å². The number of carbonyl (C=O) groups excluding carboxylic acids is 2. The summed E-state index contributed by atoms with van der Waals surface area (Å²) in [7, 11) is 2.49. The first-order chi connectivity index (χ1) is 10.1. The fourth-order valence-corrected chi connectivity index (χ4v) is 2.50. The first-order valence-corrected chi connectivity index (χ1v) is 6.53. The lowest BCUT2D eigenvalue weighted by Gasteiger charge is -2.33. The largest absolute Gasteiger partial charge is 0.468 e. The van der Waals surface area contributed by atoms with E-state index in [0.717, 1.165) is 5.56 Å². The number of rotatable bonds is 7. The van der Waals surface area contributed by atoms with E-state index in [1.54, 1.807) is 6.08 Å². The van der Waals surface area contributed by atoms with Crippen LogP contribution >= 0.6 is 0 Å². The summed E-state index contributed by atoms with van der Waals surface area (Å²) in [5.41, 5.74) is -0.737. The van der Waals surface area contributed by atoms with Crippen LogP contribution in [0.4, 0.5) is 0 Å². The zero-order valence-electron chi connectivity index (χ0n) is 12.4. The van der Waals surface area contributed by atoms with Crippen molar-refractivity contribution < 1.29 is 19.1 Å². The van der Waals surface area contributed by atoms with Gasteiger partial charge >= 0.3 is 11.9 Å². The van der Waals surface area contributed by atoms with Crippen LogP contribution < -0.4 is 0 Å². The minimum absolute atomic E-state index is 0.0952. The molecule has 0 heterocycles. The maximum Gasteiger partial charge on any atom is 0.324 e. The topological polar surface area (TPSA) is 52.6 Å². The molecule has 0 aliphatic carbocycles. The Balaban J connectivity index is 3.51. The van der Waals surface area contributed by atoms with Crippen LogP contribution in [0, 0.1) is 5.41 Å². The Bertz CT molecular complexity index is 503. The minimum atomic E-state index is -1.52. The summed E-state index contributed by atoms with van der Waals surface area (Å²) < 4.78 is 9.72. The molecule has 0 saturated heterocycles. The van der Waals surface area contributed by atoms with Gasteiger partial charge in [-0.3, -0.25) is 9.59 Å². The van der Waals surface area contributed by atoms with Gasteiger partial charge in [-0.05, 0) is 12.0 Å². The lowest BCUT2D eigenvalue weighted by atomic mass is 9.69. The molecule has 0 aromatic heterocycles. The summed E-state index contributed by atoms with van der Waals surface area (Å²) in [6.45, 7) is 7.41. The molecule has 0 fully saturated rings. The molecule has 1 unspecified atom stereocenters. The van der Waals surface area contributed by atoms with Gasteiger partial charge in [0.25, 0.3) is 0 Å². The number of methoxy groups -OCH3 is 2. The van der Waals surface area contributed by atoms with Gasteiger partial charge in [-0.25, -0.2) is 0 Å². The molecule has 0 saturated carbocycles. The summed E-state index contributed by atoms with van der Waals surface area (Å²) in [4.78, 5) is 24.8. The Labute approximate surface area is 125 Å². The van der Waals surface area contributed by atoms with Crippen LogP contribution in [0.2, 0.25) is 0 Å². The standard InChI is InChI=1S/C17H20O4/c1-5-12-17(15(18)20-3,16(19)21-4)14(6-2)13-10-8-7-9-11-13/h5-11,14H,1-2,12H2,3-4H3. The third-order valence-corrected chi connectivity index (χ3v) is 3.49. The highest BCUT2D eigenvalue weighted by atomic mass is 16.5. The second-order valence-corrected chi connectivity index (χ2v) is 4.57. The van der Waals surface area contributed by atoms with Gasteiger partial charge in [0.1, 0.15) is 0 Å². The van der Waals surface area contributed by atoms with Gasteiger partial charge in [0, 0.05) is 5.92 Å². The molecule has 0 aliphatic rings. The van der Waals surface area contributed by atoms with E-state index < -0.39 is 23.3 Å². The van der Waals surface area contributed by atoms with Crippen molar-refractivity contribution in [2.75, 3.05) is 14.2 Å². The van der Waals surface area contributed by atoms with E-state index in [4.69, 9.17) is 9.47 Å². The molecule has 21 heavy (non-hydrogen) atoms. The number of allylic oxidation sites excluding steroid dienone is 2. The Hall–Kier alpha value is -2.36. The van der Waals surface area contributed by atoms with E-state index in [1.807, 2.05) is 30.3 Å². The summed E-state index contributed by atoms with van der Waals surface area (Å²) in [6, 6.07) is 9.18. The molecule has 1 rings (SSSR count). The summed E-state index contributed by atoms with van der Waals surface area (Å²) in [6.07, 6.45) is 3.16. The third kappa shape index (κ3) is 3.05. The molecule has 4 nitrogen and oxygen atoms in total. The van der Waals surface area contributed by atoms with Crippen molar-refractivity contribution in [1.82, 2.24) is 0 Å². The number of hydrogen-bond donors (Lipinski definition) is 0. The smallest absolute Gasteiger partial charge is 0.324 e. The number of ether oxygens (including phenoxy) is 2. The number of esters is 2. The van der Waals surface area contributed by atoms with Gasteiger partial charge in [-0.1, -0.05) is 42.5 Å². The molecule has 4 heteroatoms. The molecule has 1 aromatic rings. The van der Waals surface area contributed by atoms with Crippen LogP contribution in [0.3, 0.4) is 0 Å². The normalized spacial score (nSPS) is 12.1. The Morgan fingerprint density at radius 3 is 2.05 bits per heavy atom. The first kappa shape index (κ1) is 16.7. The van der Waals surface area contributed by atoms with Crippen LogP contribution in [0.5, 0.6) is 0 Å². The summed E-state index contributed by atoms with van der Waals surface area (Å²) in [5.74, 6) is -1.90. The predicted octanol–water partition coefficient (Wildman–Crippen LogP) is 2.86. The van der Waals surface area contributed by atoms with E-state index in [2.05, 4.69) is 13.2 Å². The maximum atomic E-state index is 12.4. The van der Waals surface area contributed by atoms with Gasteiger partial charge in [0.05, 0.1) is 14.2 Å². The van der Waals surface area contributed by atoms with Crippen molar-refractivity contribution in [2.45, 2.75) is 12.3 Å². The van der Waals surface area contributed by atoms with Crippen molar-refractivity contribution in [3.05, 3.63) is 61.2 Å². The Morgan fingerprint density at radius 1 is 1.14 bits per heavy atom. The monoisotopic (exact) mass is 288 g/mol. The van der Waals surface area contributed by atoms with E-state index in [9.17, 15) is 9.59 Å². The number of benzene rings is 1. The second kappa shape index (κ2) is 7.43. The zero-order valence-corrected chi connectivity index (χ0v) is 12.4. The van der Waals surface area contributed by atoms with Crippen molar-refractivity contribution in [3.8, 4) is 0 Å². The minimum Gasteiger partial charge on any atom is -0.468 e. The van der Waals surface area contributed by atoms with Crippen molar-refractivity contribution >= 4 is 11.9 Å². The highest BCUT2D eigenvalue weighted by Gasteiger charge is 2.53. The van der Waals surface area contributed by atoms with E-state index in [-0.39, 0.29) is 6.42 Å². The molecule has 1 aromatic carbocycles. The first-order valence-electron chi connectivity index (χ1n) is 6.53. The lowest BCUT2D eigenvalue weighted by molar-refractivity contribution is -0.170. The molecule has 0 bridgehead atoms. The molecular weight excluding hydrogens is 268 g/mol. The van der Waals surface area contributed by atoms with Gasteiger partial charge in [0.2, 0.25) is 0 Å². The third-order valence-electron chi connectivity index (χ3n) is 3.49. The molecular formula is C17H20O4. The van der Waals surface area contributed by atoms with Crippen LogP contribution in [-0.2, 0) is 19.1 Å². The van der Waals surface area contributed by atoms with E-state index in [0.29, 0.717) is 0 Å². The van der Waals surface area contributed by atoms with Crippen LogP contribution in [0.15, 0.2) is 55.6 Å². The van der Waals surface area contributed by atoms with Crippen LogP contribution in [0.25, 0.3) is 0 Å². The SMILES string of the molecule is C=CCC(C(=O)OC)(C(=O)OC)C(C=C)c1ccccc1. The molecule has 0 radical (unpaired) electrons. The second-order valence-electron chi connectivity index (χ2n) is 4.57. The molecule has 0 aliphatic heterocycles. The maximum absolute atomic E-state index is 12.4. The fraction of sp³-hybridized carbons (Fsp3) is 0.294. The average Bonchev–Trinajstić information content (AvgIpc) is 2.54. The van der Waals surface area contributed by atoms with Crippen molar-refractivity contribution in [3.63, 3.8) is 0 Å². The van der Waals surface area contributed by atoms with Crippen molar-refractivity contribution in [1.29, 1.82) is 0 Å². The molecule has 1 atom stereocenters. The highest BCUT2D eigenvalue weighted by molar-refractivity contribution is 6.01. The summed E-state index contributed by atoms with van der Waals surface area (Å²) >= 11 is 0. The number of carbonyl (C=O) groups is 2. The highest BCUT2D eigenvalue weighted by Crippen LogP contribution is 2.42. The van der Waals surface area contributed by atoms with Crippen LogP contribution in [-0.4, -0.2) is 26.2 Å². The molecule has 0 N–H and O–H groups in total.